The van der Waals surface area contributed by atoms with Gasteiger partial charge < -0.3 is 16.2 Å². The number of rotatable bonds is 6. The van der Waals surface area contributed by atoms with Crippen molar-refractivity contribution in [1.29, 1.82) is 0 Å². The summed E-state index contributed by atoms with van der Waals surface area (Å²) < 4.78 is 3.59. The lowest BCUT2D eigenvalue weighted by molar-refractivity contribution is 0.0936. The zero-order valence-electron chi connectivity index (χ0n) is 23.0. The first-order valence-corrected chi connectivity index (χ1v) is 13.6. The highest BCUT2D eigenvalue weighted by molar-refractivity contribution is 5.96. The standard InChI is InChI=1S/C31H25N9O3/c1-39-15-26(37-38-39)24-9-10-25-30(34-24)40(29(35-25)22-3-2-12-33-28(22)32)20-6-7-21-17(14-20)4-8-23(21)36-31(43)18-5-11-27(42)19(13-18)16-41/h2-3,5-7,9-16,23,42H,4,8H2,1H3,(H2,32,33)(H,36,43)/t23-/m0/s1. The second-order valence-electron chi connectivity index (χ2n) is 10.4. The van der Waals surface area contributed by atoms with Crippen molar-refractivity contribution in [2.24, 2.45) is 7.05 Å². The lowest BCUT2D eigenvalue weighted by Crippen LogP contribution is -2.27. The predicted octanol–water partition coefficient (Wildman–Crippen LogP) is 3.80. The summed E-state index contributed by atoms with van der Waals surface area (Å²) in [4.78, 5) is 38.4. The van der Waals surface area contributed by atoms with Gasteiger partial charge in [-0.2, -0.15) is 0 Å². The zero-order valence-corrected chi connectivity index (χ0v) is 23.0. The van der Waals surface area contributed by atoms with Crippen LogP contribution in [0.5, 0.6) is 5.75 Å². The molecule has 0 bridgehead atoms. The smallest absolute Gasteiger partial charge is 0.251 e. The molecule has 4 aromatic heterocycles. The maximum absolute atomic E-state index is 13.0. The number of phenolic OH excluding ortho intramolecular Hbond substituents is 1. The summed E-state index contributed by atoms with van der Waals surface area (Å²) in [6.45, 7) is 0. The Kier molecular flexibility index (Phi) is 6.16. The molecule has 4 heterocycles. The molecule has 1 aliphatic carbocycles. The fraction of sp³-hybridized carbons (Fsp3) is 0.129. The molecule has 12 heteroatoms. The Morgan fingerprint density at radius 2 is 1.98 bits per heavy atom. The molecule has 212 valence electrons. The minimum Gasteiger partial charge on any atom is -0.507 e. The summed E-state index contributed by atoms with van der Waals surface area (Å²) in [7, 11) is 1.80. The Morgan fingerprint density at radius 3 is 2.77 bits per heavy atom. The van der Waals surface area contributed by atoms with Gasteiger partial charge in [0, 0.05) is 24.5 Å². The molecule has 7 rings (SSSR count). The van der Waals surface area contributed by atoms with E-state index < -0.39 is 0 Å². The van der Waals surface area contributed by atoms with Crippen molar-refractivity contribution in [2.45, 2.75) is 18.9 Å². The molecule has 1 atom stereocenters. The number of nitrogens with zero attached hydrogens (tertiary/aromatic N) is 7. The zero-order chi connectivity index (χ0) is 29.7. The summed E-state index contributed by atoms with van der Waals surface area (Å²) in [5, 5.41) is 21.1. The number of phenols is 1. The van der Waals surface area contributed by atoms with E-state index in [9.17, 15) is 14.7 Å². The van der Waals surface area contributed by atoms with Crippen molar-refractivity contribution >= 4 is 29.2 Å². The van der Waals surface area contributed by atoms with E-state index in [0.29, 0.717) is 58.0 Å². The first-order chi connectivity index (χ1) is 20.9. The number of fused-ring (bicyclic) bond motifs is 2. The van der Waals surface area contributed by atoms with Crippen molar-refractivity contribution in [1.82, 2.24) is 39.8 Å². The van der Waals surface area contributed by atoms with Gasteiger partial charge in [-0.3, -0.25) is 18.8 Å². The van der Waals surface area contributed by atoms with Gasteiger partial charge in [-0.25, -0.2) is 15.0 Å². The first-order valence-electron chi connectivity index (χ1n) is 13.6. The van der Waals surface area contributed by atoms with Gasteiger partial charge in [0.2, 0.25) is 0 Å². The van der Waals surface area contributed by atoms with Crippen LogP contribution in [0.2, 0.25) is 0 Å². The van der Waals surface area contributed by atoms with Crippen LogP contribution in [-0.2, 0) is 13.5 Å². The van der Waals surface area contributed by atoms with E-state index >= 15 is 0 Å². The van der Waals surface area contributed by atoms with Gasteiger partial charge in [0.25, 0.3) is 5.91 Å². The van der Waals surface area contributed by atoms with Gasteiger partial charge in [0.1, 0.15) is 22.8 Å². The molecule has 1 amide bonds. The van der Waals surface area contributed by atoms with Crippen LogP contribution in [0.3, 0.4) is 0 Å². The molecular weight excluding hydrogens is 546 g/mol. The number of nitrogens with one attached hydrogen (secondary N) is 1. The van der Waals surface area contributed by atoms with Crippen LogP contribution in [0.4, 0.5) is 5.82 Å². The maximum atomic E-state index is 13.0. The van der Waals surface area contributed by atoms with Gasteiger partial charge in [-0.1, -0.05) is 11.3 Å². The summed E-state index contributed by atoms with van der Waals surface area (Å²) in [6.07, 6.45) is 5.43. The number of aromatic nitrogens is 7. The van der Waals surface area contributed by atoms with Crippen LogP contribution < -0.4 is 11.1 Å². The van der Waals surface area contributed by atoms with Gasteiger partial charge in [0.15, 0.2) is 17.8 Å². The molecule has 0 fully saturated rings. The Bertz CT molecular complexity index is 2060. The number of nitrogen functional groups attached to an aromatic ring is 1. The summed E-state index contributed by atoms with van der Waals surface area (Å²) >= 11 is 0. The van der Waals surface area contributed by atoms with E-state index in [-0.39, 0.29) is 23.3 Å². The van der Waals surface area contributed by atoms with Crippen LogP contribution in [0.1, 0.15) is 44.3 Å². The number of aldehydes is 1. The normalized spacial score (nSPS) is 14.1. The monoisotopic (exact) mass is 571 g/mol. The molecular formula is C31H25N9O3. The molecule has 0 aliphatic heterocycles. The second kappa shape index (κ2) is 10.2. The second-order valence-corrected chi connectivity index (χ2v) is 10.4. The minimum atomic E-state index is -0.319. The molecule has 2 aromatic carbocycles. The Balaban J connectivity index is 1.29. The fourth-order valence-electron chi connectivity index (χ4n) is 5.52. The molecule has 0 saturated carbocycles. The highest BCUT2D eigenvalue weighted by Gasteiger charge is 2.26. The molecule has 1 aliphatic rings. The van der Waals surface area contributed by atoms with Crippen molar-refractivity contribution in [3.63, 3.8) is 0 Å². The molecule has 0 unspecified atom stereocenters. The molecule has 0 spiro atoms. The van der Waals surface area contributed by atoms with E-state index in [2.05, 4.69) is 26.7 Å². The number of aromatic hydroxyl groups is 1. The molecule has 0 saturated heterocycles. The van der Waals surface area contributed by atoms with Crippen molar-refractivity contribution < 1.29 is 14.7 Å². The quantitative estimate of drug-likeness (QED) is 0.252. The van der Waals surface area contributed by atoms with Gasteiger partial charge in [0.05, 0.1) is 29.1 Å². The molecule has 12 nitrogen and oxygen atoms in total. The van der Waals surface area contributed by atoms with Crippen LogP contribution >= 0.6 is 0 Å². The number of carbonyl (C=O) groups excluding carboxylic acids is 2. The van der Waals surface area contributed by atoms with Gasteiger partial charge in [-0.05, 0) is 78.6 Å². The number of aryl methyl sites for hydroxylation is 2. The molecule has 43 heavy (non-hydrogen) atoms. The Labute approximate surface area is 244 Å². The number of pyridine rings is 2. The predicted molar refractivity (Wildman–Crippen MR) is 159 cm³/mol. The number of hydrogen-bond donors (Lipinski definition) is 3. The number of nitrogens with two attached hydrogens (primary N) is 1. The van der Waals surface area contributed by atoms with E-state index in [4.69, 9.17) is 15.7 Å². The number of hydrogen-bond acceptors (Lipinski definition) is 9. The summed E-state index contributed by atoms with van der Waals surface area (Å²) in [6, 6.07) is 17.5. The Morgan fingerprint density at radius 1 is 1.09 bits per heavy atom. The number of carbonyl (C=O) groups is 2. The number of imidazole rings is 1. The summed E-state index contributed by atoms with van der Waals surface area (Å²) in [5.41, 5.74) is 12.9. The van der Waals surface area contributed by atoms with Gasteiger partial charge in [-0.15, -0.1) is 5.10 Å². The number of anilines is 1. The third kappa shape index (κ3) is 4.54. The minimum absolute atomic E-state index is 0.0674. The first kappa shape index (κ1) is 26.0. The van der Waals surface area contributed by atoms with E-state index in [0.717, 1.165) is 23.2 Å². The third-order valence-electron chi connectivity index (χ3n) is 7.63. The van der Waals surface area contributed by atoms with Crippen LogP contribution in [0.25, 0.3) is 39.6 Å². The highest BCUT2D eigenvalue weighted by Crippen LogP contribution is 2.36. The number of benzene rings is 2. The summed E-state index contributed by atoms with van der Waals surface area (Å²) in [5.74, 6) is 0.471. The SMILES string of the molecule is Cn1cc(-c2ccc3nc(-c4cccnc4N)n(-c4ccc5c(c4)CC[C@@H]5NC(=O)c4ccc(O)c(C=O)c4)c3n2)nn1. The Hall–Kier alpha value is -5.91. The van der Waals surface area contributed by atoms with Crippen molar-refractivity contribution in [3.8, 4) is 34.2 Å². The highest BCUT2D eigenvalue weighted by atomic mass is 16.3. The van der Waals surface area contributed by atoms with Crippen LogP contribution in [0, 0.1) is 0 Å². The fourth-order valence-corrected chi connectivity index (χ4v) is 5.52. The van der Waals surface area contributed by atoms with E-state index in [1.807, 2.05) is 41.0 Å². The molecule has 4 N–H and O–H groups in total. The van der Waals surface area contributed by atoms with Crippen molar-refractivity contribution in [3.05, 3.63) is 95.3 Å². The van der Waals surface area contributed by atoms with Crippen LogP contribution in [0.15, 0.2) is 73.1 Å². The van der Waals surface area contributed by atoms with Crippen molar-refractivity contribution in [2.75, 3.05) is 5.73 Å². The number of amides is 1. The van der Waals surface area contributed by atoms with Crippen LogP contribution in [-0.4, -0.2) is 51.8 Å². The topological polar surface area (TPSA) is 167 Å². The molecule has 0 radical (unpaired) electrons. The van der Waals surface area contributed by atoms with E-state index in [1.165, 1.54) is 18.2 Å². The molecule has 6 aromatic rings. The maximum Gasteiger partial charge on any atom is 0.251 e. The third-order valence-corrected chi connectivity index (χ3v) is 7.63. The lowest BCUT2D eigenvalue weighted by Gasteiger charge is -2.16. The average Bonchev–Trinajstić information content (AvgIpc) is 3.73. The van der Waals surface area contributed by atoms with E-state index in [1.54, 1.807) is 24.1 Å². The average molecular weight is 572 g/mol. The van der Waals surface area contributed by atoms with Gasteiger partial charge >= 0.3 is 0 Å². The largest absolute Gasteiger partial charge is 0.507 e. The lowest BCUT2D eigenvalue weighted by atomic mass is 10.1.